The van der Waals surface area contributed by atoms with Crippen LogP contribution in [-0.2, 0) is 0 Å². The zero-order chi connectivity index (χ0) is 19.6. The topological polar surface area (TPSA) is 72.7 Å². The van der Waals surface area contributed by atoms with Crippen LogP contribution in [0.1, 0.15) is 39.8 Å². The minimum Gasteiger partial charge on any atom is -0.331 e. The van der Waals surface area contributed by atoms with Crippen molar-refractivity contribution in [1.82, 2.24) is 25.1 Å². The zero-order valence-electron chi connectivity index (χ0n) is 16.4. The summed E-state index contributed by atoms with van der Waals surface area (Å²) >= 11 is 1.55. The molecule has 1 N–H and O–H groups in total. The van der Waals surface area contributed by atoms with Crippen LogP contribution in [0.25, 0.3) is 21.1 Å². The molecule has 0 saturated heterocycles. The van der Waals surface area contributed by atoms with Gasteiger partial charge in [0.05, 0.1) is 10.6 Å². The number of hydrogen-bond acceptors (Lipinski definition) is 5. The monoisotopic (exact) mass is 383 g/mol. The van der Waals surface area contributed by atoms with Crippen LogP contribution >= 0.6 is 11.3 Å². The molecule has 7 heteroatoms. The minimum atomic E-state index is -0.300. The summed E-state index contributed by atoms with van der Waals surface area (Å²) in [5.41, 5.74) is 2.32. The number of pyridine rings is 1. The standard InChI is InChI=1S/C20H25N5OS/c1-6-13(2)20(4,5)23-19(26)25-11-9-16(24-25)17-14(3)22-18(27-17)15-8-7-10-21-12-15/h7-13H,6H2,1-5H3,(H,23,26). The Hall–Kier alpha value is -2.54. The Morgan fingerprint density at radius 1 is 1.37 bits per heavy atom. The van der Waals surface area contributed by atoms with Gasteiger partial charge in [0.25, 0.3) is 0 Å². The molecule has 0 bridgehead atoms. The smallest absolute Gasteiger partial charge is 0.331 e. The molecular weight excluding hydrogens is 358 g/mol. The van der Waals surface area contributed by atoms with Crippen LogP contribution in [0.5, 0.6) is 0 Å². The Labute approximate surface area is 163 Å². The van der Waals surface area contributed by atoms with Gasteiger partial charge in [-0.2, -0.15) is 9.78 Å². The van der Waals surface area contributed by atoms with Crippen molar-refractivity contribution in [2.24, 2.45) is 5.92 Å². The van der Waals surface area contributed by atoms with Gasteiger partial charge in [-0.25, -0.2) is 9.78 Å². The summed E-state index contributed by atoms with van der Waals surface area (Å²) < 4.78 is 1.36. The first kappa shape index (κ1) is 19.2. The van der Waals surface area contributed by atoms with E-state index in [-0.39, 0.29) is 11.6 Å². The van der Waals surface area contributed by atoms with E-state index in [0.29, 0.717) is 5.92 Å². The average Bonchev–Trinajstić information content (AvgIpc) is 3.28. The second-order valence-corrected chi connectivity index (χ2v) is 8.28. The van der Waals surface area contributed by atoms with Gasteiger partial charge < -0.3 is 5.32 Å². The minimum absolute atomic E-state index is 0.221. The van der Waals surface area contributed by atoms with E-state index < -0.39 is 0 Å². The number of rotatable bonds is 5. The second-order valence-electron chi connectivity index (χ2n) is 7.28. The average molecular weight is 384 g/mol. The first-order chi connectivity index (χ1) is 12.8. The Balaban J connectivity index is 1.82. The van der Waals surface area contributed by atoms with Gasteiger partial charge in [-0.15, -0.1) is 11.3 Å². The highest BCUT2D eigenvalue weighted by Crippen LogP contribution is 2.33. The van der Waals surface area contributed by atoms with Crippen LogP contribution in [-0.4, -0.2) is 31.3 Å². The molecule has 0 aliphatic heterocycles. The summed E-state index contributed by atoms with van der Waals surface area (Å²) in [7, 11) is 0. The fourth-order valence-corrected chi connectivity index (χ4v) is 3.79. The molecule has 1 unspecified atom stereocenters. The number of nitrogens with zero attached hydrogens (tertiary/aromatic N) is 4. The molecule has 0 aromatic carbocycles. The van der Waals surface area contributed by atoms with E-state index in [2.05, 4.69) is 34.2 Å². The molecule has 3 rings (SSSR count). The van der Waals surface area contributed by atoms with Crippen molar-refractivity contribution < 1.29 is 4.79 Å². The fraction of sp³-hybridized carbons (Fsp3) is 0.400. The predicted octanol–water partition coefficient (Wildman–Crippen LogP) is 4.76. The lowest BCUT2D eigenvalue weighted by Crippen LogP contribution is -2.49. The molecule has 1 atom stereocenters. The number of aryl methyl sites for hydroxylation is 1. The van der Waals surface area contributed by atoms with Crippen molar-refractivity contribution >= 4 is 17.4 Å². The Morgan fingerprint density at radius 2 is 2.15 bits per heavy atom. The molecule has 142 valence electrons. The van der Waals surface area contributed by atoms with Crippen LogP contribution in [0.3, 0.4) is 0 Å². The summed E-state index contributed by atoms with van der Waals surface area (Å²) in [5, 5.41) is 8.45. The third-order valence-electron chi connectivity index (χ3n) is 5.01. The molecule has 0 fully saturated rings. The lowest BCUT2D eigenvalue weighted by Gasteiger charge is -2.32. The zero-order valence-corrected chi connectivity index (χ0v) is 17.2. The van der Waals surface area contributed by atoms with Crippen molar-refractivity contribution in [2.45, 2.75) is 46.6 Å². The van der Waals surface area contributed by atoms with E-state index in [1.54, 1.807) is 29.9 Å². The molecule has 27 heavy (non-hydrogen) atoms. The number of amides is 1. The lowest BCUT2D eigenvalue weighted by atomic mass is 9.87. The molecule has 3 heterocycles. The number of nitrogens with one attached hydrogen (secondary N) is 1. The van der Waals surface area contributed by atoms with Gasteiger partial charge in [0, 0.05) is 29.7 Å². The molecular formula is C20H25N5OS. The predicted molar refractivity (Wildman–Crippen MR) is 109 cm³/mol. The van der Waals surface area contributed by atoms with Gasteiger partial charge in [-0.05, 0) is 44.9 Å². The first-order valence-electron chi connectivity index (χ1n) is 9.08. The van der Waals surface area contributed by atoms with Gasteiger partial charge >= 0.3 is 6.03 Å². The van der Waals surface area contributed by atoms with Crippen LogP contribution < -0.4 is 5.32 Å². The van der Waals surface area contributed by atoms with Gasteiger partial charge in [-0.1, -0.05) is 20.3 Å². The van der Waals surface area contributed by atoms with Crippen LogP contribution in [0.15, 0.2) is 36.8 Å². The van der Waals surface area contributed by atoms with Crippen LogP contribution in [0.2, 0.25) is 0 Å². The van der Waals surface area contributed by atoms with E-state index in [9.17, 15) is 4.79 Å². The highest BCUT2D eigenvalue weighted by atomic mass is 32.1. The molecule has 0 radical (unpaired) electrons. The van der Waals surface area contributed by atoms with Gasteiger partial charge in [0.1, 0.15) is 10.7 Å². The lowest BCUT2D eigenvalue weighted by molar-refractivity contribution is 0.212. The maximum Gasteiger partial charge on any atom is 0.342 e. The summed E-state index contributed by atoms with van der Waals surface area (Å²) in [6.45, 7) is 10.3. The maximum absolute atomic E-state index is 12.6. The number of carbonyl (C=O) groups excluding carboxylic acids is 1. The third-order valence-corrected chi connectivity index (χ3v) is 6.24. The van der Waals surface area contributed by atoms with Crippen molar-refractivity contribution in [3.63, 3.8) is 0 Å². The number of aromatic nitrogens is 4. The first-order valence-corrected chi connectivity index (χ1v) is 9.90. The van der Waals surface area contributed by atoms with E-state index in [1.165, 1.54) is 4.68 Å². The highest BCUT2D eigenvalue weighted by Gasteiger charge is 2.27. The number of carbonyl (C=O) groups is 1. The van der Waals surface area contributed by atoms with Gasteiger partial charge in [0.15, 0.2) is 0 Å². The summed E-state index contributed by atoms with van der Waals surface area (Å²) in [5.74, 6) is 0.363. The second kappa shape index (κ2) is 7.60. The van der Waals surface area contributed by atoms with Crippen molar-refractivity contribution in [3.8, 4) is 21.1 Å². The van der Waals surface area contributed by atoms with Gasteiger partial charge in [0.2, 0.25) is 0 Å². The van der Waals surface area contributed by atoms with E-state index in [1.807, 2.05) is 39.0 Å². The molecule has 0 aliphatic rings. The SMILES string of the molecule is CCC(C)C(C)(C)NC(=O)n1ccc(-c2sc(-c3cccnc3)nc2C)n1. The Bertz CT molecular complexity index is 929. The molecule has 6 nitrogen and oxygen atoms in total. The Kier molecular flexibility index (Phi) is 5.41. The normalized spacial score (nSPS) is 12.8. The quantitative estimate of drug-likeness (QED) is 0.689. The van der Waals surface area contributed by atoms with E-state index in [0.717, 1.165) is 33.3 Å². The summed E-state index contributed by atoms with van der Waals surface area (Å²) in [4.78, 5) is 22.3. The summed E-state index contributed by atoms with van der Waals surface area (Å²) in [6.07, 6.45) is 6.23. The molecule has 1 amide bonds. The summed E-state index contributed by atoms with van der Waals surface area (Å²) in [6, 6.07) is 5.51. The van der Waals surface area contributed by atoms with Crippen molar-refractivity contribution in [2.75, 3.05) is 0 Å². The molecule has 0 aliphatic carbocycles. The third kappa shape index (κ3) is 4.08. The van der Waals surface area contributed by atoms with E-state index in [4.69, 9.17) is 0 Å². The van der Waals surface area contributed by atoms with Crippen LogP contribution in [0, 0.1) is 12.8 Å². The highest BCUT2D eigenvalue weighted by molar-refractivity contribution is 7.18. The fourth-order valence-electron chi connectivity index (χ4n) is 2.77. The van der Waals surface area contributed by atoms with Crippen LogP contribution in [0.4, 0.5) is 4.79 Å². The number of thiazole rings is 1. The van der Waals surface area contributed by atoms with Crippen molar-refractivity contribution in [1.29, 1.82) is 0 Å². The molecule has 3 aromatic rings. The molecule has 3 aromatic heterocycles. The van der Waals surface area contributed by atoms with Gasteiger partial charge in [-0.3, -0.25) is 4.98 Å². The molecule has 0 saturated carbocycles. The van der Waals surface area contributed by atoms with Crippen molar-refractivity contribution in [3.05, 3.63) is 42.5 Å². The number of hydrogen-bond donors (Lipinski definition) is 1. The largest absolute Gasteiger partial charge is 0.342 e. The maximum atomic E-state index is 12.6. The Morgan fingerprint density at radius 3 is 2.81 bits per heavy atom. The molecule has 0 spiro atoms. The van der Waals surface area contributed by atoms with E-state index >= 15 is 0 Å².